The molecule has 13 heteroatoms. The maximum atomic E-state index is 14.1. The predicted molar refractivity (Wildman–Crippen MR) is 182 cm³/mol. The number of methoxy groups -OCH3 is 2. The second-order valence-electron chi connectivity index (χ2n) is 11.2. The smallest absolute Gasteiger partial charge is 0.321 e. The molecule has 2 atom stereocenters. The van der Waals surface area contributed by atoms with Crippen molar-refractivity contribution in [2.45, 2.75) is 57.7 Å². The Morgan fingerprint density at radius 2 is 1.75 bits per heavy atom. The van der Waals surface area contributed by atoms with Crippen molar-refractivity contribution >= 4 is 25.1 Å². The molecule has 3 amide bonds. The molecule has 0 bridgehead atoms. The topological polar surface area (TPSA) is 146 Å². The minimum Gasteiger partial charge on any atom is -0.497 e. The Labute approximate surface area is 282 Å². The van der Waals surface area contributed by atoms with Crippen molar-refractivity contribution < 1.29 is 33.3 Å². The zero-order valence-electron chi connectivity index (χ0n) is 27.7. The monoisotopic (exact) mass is 656 g/mol. The molecule has 0 saturated carbocycles. The summed E-state index contributed by atoms with van der Waals surface area (Å²) in [5.41, 5.74) is 7.54. The van der Waals surface area contributed by atoms with Gasteiger partial charge in [0.2, 0.25) is 23.5 Å². The summed E-state index contributed by atoms with van der Waals surface area (Å²) >= 11 is 0. The first kappa shape index (κ1) is 35.8. The number of carbonyl (C=O) groups is 3. The van der Waals surface area contributed by atoms with Crippen molar-refractivity contribution in [3.05, 3.63) is 78.3 Å². The van der Waals surface area contributed by atoms with Crippen LogP contribution in [0, 0.1) is 0 Å². The van der Waals surface area contributed by atoms with Crippen LogP contribution in [0.15, 0.2) is 72.7 Å². The van der Waals surface area contributed by atoms with Crippen molar-refractivity contribution in [3.8, 4) is 28.9 Å². The highest BCUT2D eigenvalue weighted by Gasteiger charge is 2.41. The standard InChI is InChI=1S/C35H43BN5O7/c1-4-47-34(43)36-19-11-6-5-7-12-20-40(23-25-15-17-27(45-2)18-16-25)35(44)41-24-28(21-29(41)32(37)42)48-31-22-30(46-3)38-33(39-31)26-13-9-8-10-14-26/h8-11,13-19,22,28-29H,4-7,12,20-21,23-24H2,1-3H3,(H2,37,42)/b19-11-/t28-,29+/m1/s1. The number of benzene rings is 2. The summed E-state index contributed by atoms with van der Waals surface area (Å²) in [6.07, 6.45) is 4.89. The second kappa shape index (κ2) is 18.3. The van der Waals surface area contributed by atoms with Crippen LogP contribution in [-0.4, -0.2) is 90.9 Å². The number of amides is 3. The highest BCUT2D eigenvalue weighted by atomic mass is 16.5. The Balaban J connectivity index is 1.44. The summed E-state index contributed by atoms with van der Waals surface area (Å²) in [7, 11) is 4.52. The van der Waals surface area contributed by atoms with E-state index in [1.165, 1.54) is 19.3 Å². The molecule has 48 heavy (non-hydrogen) atoms. The van der Waals surface area contributed by atoms with Gasteiger partial charge in [0.25, 0.3) is 7.28 Å². The van der Waals surface area contributed by atoms with E-state index in [0.717, 1.165) is 42.6 Å². The zero-order chi connectivity index (χ0) is 34.3. The minimum atomic E-state index is -0.848. The van der Waals surface area contributed by atoms with E-state index in [1.54, 1.807) is 31.0 Å². The number of hydrogen-bond donors (Lipinski definition) is 1. The van der Waals surface area contributed by atoms with Gasteiger partial charge in [-0.1, -0.05) is 55.0 Å². The number of hydrogen-bond acceptors (Lipinski definition) is 9. The van der Waals surface area contributed by atoms with Gasteiger partial charge in [-0.25, -0.2) is 4.79 Å². The molecule has 2 heterocycles. The molecular weight excluding hydrogens is 613 g/mol. The van der Waals surface area contributed by atoms with Crippen LogP contribution >= 0.6 is 0 Å². The molecule has 2 aromatic carbocycles. The third-order valence-electron chi connectivity index (χ3n) is 7.80. The molecule has 12 nitrogen and oxygen atoms in total. The second-order valence-corrected chi connectivity index (χ2v) is 11.2. The van der Waals surface area contributed by atoms with Crippen LogP contribution in [-0.2, 0) is 16.1 Å². The van der Waals surface area contributed by atoms with Crippen LogP contribution < -0.4 is 19.9 Å². The van der Waals surface area contributed by atoms with Gasteiger partial charge >= 0.3 is 6.03 Å². The lowest BCUT2D eigenvalue weighted by molar-refractivity contribution is -0.121. The summed E-state index contributed by atoms with van der Waals surface area (Å²) in [6, 6.07) is 17.4. The molecule has 2 N–H and O–H groups in total. The molecule has 1 radical (unpaired) electrons. The van der Waals surface area contributed by atoms with Gasteiger partial charge in [0.15, 0.2) is 5.82 Å². The molecule has 4 rings (SSSR count). The average Bonchev–Trinajstić information content (AvgIpc) is 3.53. The van der Waals surface area contributed by atoms with Gasteiger partial charge < -0.3 is 34.5 Å². The van der Waals surface area contributed by atoms with Gasteiger partial charge in [-0.05, 0) is 43.9 Å². The molecular formula is C35H43BN5O7. The lowest BCUT2D eigenvalue weighted by atomic mass is 9.78. The Hall–Kier alpha value is -5.07. The summed E-state index contributed by atoms with van der Waals surface area (Å²) in [5.74, 6) is 2.49. The third-order valence-corrected chi connectivity index (χ3v) is 7.80. The molecule has 1 aromatic heterocycles. The van der Waals surface area contributed by atoms with Crippen LogP contribution in [0.1, 0.15) is 44.6 Å². The number of nitrogens with zero attached hydrogens (tertiary/aromatic N) is 4. The highest BCUT2D eigenvalue weighted by Crippen LogP contribution is 2.28. The Kier molecular flexibility index (Phi) is 13.7. The third kappa shape index (κ3) is 10.5. The van der Waals surface area contributed by atoms with Gasteiger partial charge in [-0.3, -0.25) is 9.59 Å². The average molecular weight is 657 g/mol. The van der Waals surface area contributed by atoms with E-state index in [0.29, 0.717) is 31.4 Å². The van der Waals surface area contributed by atoms with E-state index >= 15 is 0 Å². The fraction of sp³-hybridized carbons (Fsp3) is 0.400. The first-order valence-corrected chi connectivity index (χ1v) is 16.1. The Morgan fingerprint density at radius 1 is 1.00 bits per heavy atom. The van der Waals surface area contributed by atoms with Crippen LogP contribution in [0.3, 0.4) is 0 Å². The minimum absolute atomic E-state index is 0.153. The number of aromatic nitrogens is 2. The summed E-state index contributed by atoms with van der Waals surface area (Å²) in [6.45, 7) is 3.07. The quantitative estimate of drug-likeness (QED) is 0.156. The van der Waals surface area contributed by atoms with Crippen molar-refractivity contribution in [1.82, 2.24) is 19.8 Å². The van der Waals surface area contributed by atoms with Crippen LogP contribution in [0.4, 0.5) is 9.59 Å². The number of allylic oxidation sites excluding steroid dienone is 1. The SMILES string of the molecule is CCOC(=O)[B]/C=C\CCCCCN(Cc1ccc(OC)cc1)C(=O)N1C[C@H](Oc2cc(OC)nc(-c3ccccc3)n2)C[C@H]1C(N)=O. The van der Waals surface area contributed by atoms with Crippen molar-refractivity contribution in [1.29, 1.82) is 0 Å². The number of unbranched alkanes of at least 4 members (excludes halogenated alkanes) is 3. The van der Waals surface area contributed by atoms with E-state index in [2.05, 4.69) is 9.97 Å². The van der Waals surface area contributed by atoms with E-state index in [1.807, 2.05) is 60.7 Å². The number of ether oxygens (including phenoxy) is 4. The number of likely N-dealkylation sites (tertiary alicyclic amines) is 1. The summed E-state index contributed by atoms with van der Waals surface area (Å²) in [5, 5.41) is 0. The maximum absolute atomic E-state index is 14.1. The molecule has 0 aliphatic carbocycles. The van der Waals surface area contributed by atoms with E-state index in [9.17, 15) is 14.4 Å². The normalized spacial score (nSPS) is 15.6. The van der Waals surface area contributed by atoms with Crippen LogP contribution in [0.2, 0.25) is 0 Å². The molecule has 1 aliphatic heterocycles. The lowest BCUT2D eigenvalue weighted by Gasteiger charge is -2.31. The molecule has 1 aliphatic rings. The first-order valence-electron chi connectivity index (χ1n) is 16.1. The number of rotatable bonds is 17. The van der Waals surface area contributed by atoms with Crippen LogP contribution in [0.25, 0.3) is 11.4 Å². The number of nitrogens with two attached hydrogens (primary N) is 1. The van der Waals surface area contributed by atoms with Gasteiger partial charge in [0.1, 0.15) is 17.9 Å². The molecule has 1 fully saturated rings. The van der Waals surface area contributed by atoms with Crippen molar-refractivity contribution in [3.63, 3.8) is 0 Å². The zero-order valence-corrected chi connectivity index (χ0v) is 27.7. The summed E-state index contributed by atoms with van der Waals surface area (Å²) in [4.78, 5) is 50.4. The molecule has 253 valence electrons. The largest absolute Gasteiger partial charge is 0.497 e. The van der Waals surface area contributed by atoms with E-state index in [4.69, 9.17) is 24.7 Å². The maximum Gasteiger partial charge on any atom is 0.321 e. The number of primary amides is 1. The Morgan fingerprint density at radius 3 is 2.44 bits per heavy atom. The Bertz CT molecular complexity index is 1520. The van der Waals surface area contributed by atoms with Crippen LogP contribution in [0.5, 0.6) is 17.5 Å². The molecule has 3 aromatic rings. The number of carbonyl (C=O) groups excluding carboxylic acids is 3. The highest BCUT2D eigenvalue weighted by molar-refractivity contribution is 6.75. The lowest BCUT2D eigenvalue weighted by Crippen LogP contribution is -2.49. The van der Waals surface area contributed by atoms with Gasteiger partial charge in [-0.15, -0.1) is 5.98 Å². The molecule has 0 spiro atoms. The first-order chi connectivity index (χ1) is 23.3. The van der Waals surface area contributed by atoms with Crippen molar-refractivity contribution in [2.75, 3.05) is 33.9 Å². The van der Waals surface area contributed by atoms with Gasteiger partial charge in [-0.2, -0.15) is 9.97 Å². The van der Waals surface area contributed by atoms with E-state index < -0.39 is 18.1 Å². The fourth-order valence-electron chi connectivity index (χ4n) is 5.37. The van der Waals surface area contributed by atoms with E-state index in [-0.39, 0.29) is 30.7 Å². The summed E-state index contributed by atoms with van der Waals surface area (Å²) < 4.78 is 21.8. The number of urea groups is 1. The van der Waals surface area contributed by atoms with Gasteiger partial charge in [0, 0.05) is 25.1 Å². The molecule has 0 unspecified atom stereocenters. The molecule has 1 saturated heterocycles. The fourth-order valence-corrected chi connectivity index (χ4v) is 5.37. The van der Waals surface area contributed by atoms with Crippen molar-refractivity contribution in [2.24, 2.45) is 5.73 Å². The van der Waals surface area contributed by atoms with Gasteiger partial charge in [0.05, 0.1) is 33.4 Å². The predicted octanol–water partition coefficient (Wildman–Crippen LogP) is 5.02.